The highest BCUT2D eigenvalue weighted by molar-refractivity contribution is 9.10. The molecule has 0 aliphatic rings. The number of hydrogen-bond donors (Lipinski definition) is 1. The third kappa shape index (κ3) is 5.65. The maximum atomic E-state index is 8.60. The number of hydrogen-bond acceptors (Lipinski definition) is 6. The quantitative estimate of drug-likeness (QED) is 0.857. The molecule has 96 valence electrons. The van der Waals surface area contributed by atoms with Gasteiger partial charge >= 0.3 is 0 Å². The molecular weight excluding hydrogens is 298 g/mol. The van der Waals surface area contributed by atoms with Gasteiger partial charge in [-0.05, 0) is 28.1 Å². The van der Waals surface area contributed by atoms with Gasteiger partial charge in [-0.1, -0.05) is 0 Å². The van der Waals surface area contributed by atoms with Crippen molar-refractivity contribution >= 4 is 21.9 Å². The van der Waals surface area contributed by atoms with Crippen molar-refractivity contribution in [1.29, 1.82) is 0 Å². The van der Waals surface area contributed by atoms with E-state index in [1.54, 1.807) is 41.8 Å². The molecule has 0 fully saturated rings. The highest BCUT2D eigenvalue weighted by atomic mass is 79.9. The highest BCUT2D eigenvalue weighted by Crippen LogP contribution is 1.99. The van der Waals surface area contributed by atoms with E-state index in [0.29, 0.717) is 17.2 Å². The third-order valence-corrected chi connectivity index (χ3v) is 2.27. The Labute approximate surface area is 114 Å². The molecule has 1 N–H and O–H groups in total. The zero-order valence-corrected chi connectivity index (χ0v) is 11.5. The van der Waals surface area contributed by atoms with Crippen LogP contribution in [-0.4, -0.2) is 45.2 Å². The summed E-state index contributed by atoms with van der Waals surface area (Å²) in [5.74, 6) is 0.640. The molecule has 0 aliphatic carbocycles. The minimum atomic E-state index is 0.120. The number of rotatable bonds is 3. The van der Waals surface area contributed by atoms with Crippen LogP contribution in [0.3, 0.4) is 0 Å². The zero-order chi connectivity index (χ0) is 13.2. The van der Waals surface area contributed by atoms with Crippen LogP contribution in [0.2, 0.25) is 0 Å². The molecule has 0 atom stereocenters. The van der Waals surface area contributed by atoms with Gasteiger partial charge in [0.1, 0.15) is 0 Å². The Hall–Kier alpha value is -1.60. The van der Waals surface area contributed by atoms with Crippen LogP contribution in [-0.2, 0) is 0 Å². The van der Waals surface area contributed by atoms with Crippen LogP contribution in [0.4, 0.5) is 5.95 Å². The molecule has 2 rings (SSSR count). The van der Waals surface area contributed by atoms with E-state index in [0.717, 1.165) is 0 Å². The number of likely N-dealkylation sites (N-methyl/N-ethyl adjacent to an activating group) is 1. The van der Waals surface area contributed by atoms with E-state index in [2.05, 4.69) is 35.9 Å². The summed E-state index contributed by atoms with van der Waals surface area (Å²) in [6, 6.07) is 3.53. The van der Waals surface area contributed by atoms with Crippen LogP contribution in [0.1, 0.15) is 0 Å². The highest BCUT2D eigenvalue weighted by Gasteiger charge is 1.99. The monoisotopic (exact) mass is 311 g/mol. The van der Waals surface area contributed by atoms with Crippen molar-refractivity contribution in [3.05, 3.63) is 41.7 Å². The molecule has 0 bridgehead atoms. The second-order valence-electron chi connectivity index (χ2n) is 3.21. The first-order chi connectivity index (χ1) is 8.74. The van der Waals surface area contributed by atoms with Crippen molar-refractivity contribution in [2.24, 2.45) is 0 Å². The molecule has 2 aromatic rings. The number of anilines is 1. The Kier molecular flexibility index (Phi) is 6.82. The van der Waals surface area contributed by atoms with E-state index < -0.39 is 0 Å². The fraction of sp³-hybridized carbons (Fsp3) is 0.273. The minimum Gasteiger partial charge on any atom is -0.395 e. The summed E-state index contributed by atoms with van der Waals surface area (Å²) in [5, 5.41) is 8.60. The summed E-state index contributed by atoms with van der Waals surface area (Å²) in [4.78, 5) is 17.4. The van der Waals surface area contributed by atoms with Gasteiger partial charge in [-0.15, -0.1) is 0 Å². The van der Waals surface area contributed by atoms with E-state index >= 15 is 0 Å². The van der Waals surface area contributed by atoms with Gasteiger partial charge in [-0.25, -0.2) is 19.9 Å². The van der Waals surface area contributed by atoms with E-state index in [1.165, 1.54) is 0 Å². The van der Waals surface area contributed by atoms with Gasteiger partial charge < -0.3 is 10.0 Å². The van der Waals surface area contributed by atoms with Crippen LogP contribution in [0.5, 0.6) is 0 Å². The summed E-state index contributed by atoms with van der Waals surface area (Å²) >= 11 is 3.09. The van der Waals surface area contributed by atoms with Crippen molar-refractivity contribution in [3.63, 3.8) is 0 Å². The molecule has 0 saturated carbocycles. The Morgan fingerprint density at radius 3 is 1.94 bits per heavy atom. The van der Waals surface area contributed by atoms with Crippen molar-refractivity contribution < 1.29 is 5.11 Å². The summed E-state index contributed by atoms with van der Waals surface area (Å²) in [6.07, 6.45) is 6.71. The fourth-order valence-corrected chi connectivity index (χ4v) is 1.26. The van der Waals surface area contributed by atoms with Crippen molar-refractivity contribution in [1.82, 2.24) is 19.9 Å². The standard InChI is InChI=1S/C7H11N3O.C4H3BrN2/c1-10(5-6-11)7-8-3-2-4-9-7;5-4-6-2-1-3-7-4/h2-4,11H,5-6H2,1H3;1-3H. The van der Waals surface area contributed by atoms with Gasteiger partial charge in [0.2, 0.25) is 5.95 Å². The zero-order valence-electron chi connectivity index (χ0n) is 9.94. The predicted molar refractivity (Wildman–Crippen MR) is 72.1 cm³/mol. The number of halogens is 1. The Morgan fingerprint density at radius 1 is 1.06 bits per heavy atom. The third-order valence-electron chi connectivity index (χ3n) is 1.86. The Balaban J connectivity index is 0.000000199. The predicted octanol–water partition coefficient (Wildman–Crippen LogP) is 1.14. The molecule has 18 heavy (non-hydrogen) atoms. The van der Waals surface area contributed by atoms with Crippen LogP contribution in [0.15, 0.2) is 41.7 Å². The van der Waals surface area contributed by atoms with Crippen LogP contribution in [0, 0.1) is 0 Å². The van der Waals surface area contributed by atoms with E-state index in [1.807, 2.05) is 7.05 Å². The first-order valence-corrected chi connectivity index (χ1v) is 6.05. The van der Waals surface area contributed by atoms with Gasteiger partial charge in [0.05, 0.1) is 6.61 Å². The van der Waals surface area contributed by atoms with Crippen molar-refractivity contribution in [3.8, 4) is 0 Å². The van der Waals surface area contributed by atoms with E-state index in [-0.39, 0.29) is 6.61 Å². The smallest absolute Gasteiger partial charge is 0.225 e. The van der Waals surface area contributed by atoms with Crippen LogP contribution >= 0.6 is 15.9 Å². The van der Waals surface area contributed by atoms with Gasteiger partial charge in [0.15, 0.2) is 4.73 Å². The van der Waals surface area contributed by atoms with Gasteiger partial charge in [0, 0.05) is 38.4 Å². The SMILES string of the molecule is Brc1ncccn1.CN(CCO)c1ncccn1. The van der Waals surface area contributed by atoms with Gasteiger partial charge in [-0.2, -0.15) is 0 Å². The lowest BCUT2D eigenvalue weighted by Gasteiger charge is -2.13. The molecule has 2 heterocycles. The number of nitrogens with zero attached hydrogens (tertiary/aromatic N) is 5. The van der Waals surface area contributed by atoms with Crippen molar-refractivity contribution in [2.45, 2.75) is 0 Å². The Morgan fingerprint density at radius 2 is 1.56 bits per heavy atom. The molecule has 0 spiro atoms. The summed E-state index contributed by atoms with van der Waals surface area (Å²) < 4.78 is 0.634. The van der Waals surface area contributed by atoms with Crippen LogP contribution in [0.25, 0.3) is 0 Å². The molecule has 0 unspecified atom stereocenters. The molecule has 0 aromatic carbocycles. The number of aliphatic hydroxyl groups excluding tert-OH is 1. The summed E-state index contributed by atoms with van der Waals surface area (Å²) in [5.41, 5.74) is 0. The summed E-state index contributed by atoms with van der Waals surface area (Å²) in [7, 11) is 1.84. The topological polar surface area (TPSA) is 75.0 Å². The van der Waals surface area contributed by atoms with Crippen LogP contribution < -0.4 is 4.90 Å². The van der Waals surface area contributed by atoms with E-state index in [9.17, 15) is 0 Å². The van der Waals surface area contributed by atoms with Crippen molar-refractivity contribution in [2.75, 3.05) is 25.1 Å². The molecular formula is C11H14BrN5O. The molecule has 6 nitrogen and oxygen atoms in total. The van der Waals surface area contributed by atoms with Gasteiger partial charge in [0.25, 0.3) is 0 Å². The number of aliphatic hydroxyl groups is 1. The fourth-order valence-electron chi connectivity index (χ4n) is 1.02. The first-order valence-electron chi connectivity index (χ1n) is 5.25. The van der Waals surface area contributed by atoms with Gasteiger partial charge in [-0.3, -0.25) is 0 Å². The lowest BCUT2D eigenvalue weighted by atomic mass is 10.6. The average molecular weight is 312 g/mol. The lowest BCUT2D eigenvalue weighted by molar-refractivity contribution is 0.303. The minimum absolute atomic E-state index is 0.120. The molecule has 2 aromatic heterocycles. The maximum absolute atomic E-state index is 8.60. The molecule has 0 aliphatic heterocycles. The lowest BCUT2D eigenvalue weighted by Crippen LogP contribution is -2.22. The largest absolute Gasteiger partial charge is 0.395 e. The maximum Gasteiger partial charge on any atom is 0.225 e. The normalized spacial score (nSPS) is 9.28. The molecule has 7 heteroatoms. The number of aromatic nitrogens is 4. The second-order valence-corrected chi connectivity index (χ2v) is 3.92. The van der Waals surface area contributed by atoms with E-state index in [4.69, 9.17) is 5.11 Å². The summed E-state index contributed by atoms with van der Waals surface area (Å²) in [6.45, 7) is 0.679. The average Bonchev–Trinajstić information content (AvgIpc) is 2.42. The molecule has 0 amide bonds. The Bertz CT molecular complexity index is 428. The first kappa shape index (κ1) is 14.5. The molecule has 0 saturated heterocycles. The molecule has 0 radical (unpaired) electrons. The second kappa shape index (κ2) is 8.48.